The van der Waals surface area contributed by atoms with Gasteiger partial charge in [0.1, 0.15) is 0 Å². The molecule has 0 heterocycles. The monoisotopic (exact) mass is 456 g/mol. The van der Waals surface area contributed by atoms with Crippen LogP contribution in [0.4, 0.5) is 0 Å². The second-order valence-corrected chi connectivity index (χ2v) is 9.98. The van der Waals surface area contributed by atoms with Crippen molar-refractivity contribution in [3.05, 3.63) is 88.0 Å². The van der Waals surface area contributed by atoms with Crippen molar-refractivity contribution in [2.24, 2.45) is 5.92 Å². The highest BCUT2D eigenvalue weighted by atomic mass is 16.1. The number of ketones is 1. The lowest BCUT2D eigenvalue weighted by Gasteiger charge is -2.17. The maximum atomic E-state index is 13.3. The Morgan fingerprint density at radius 1 is 0.912 bits per heavy atom. The highest BCUT2D eigenvalue weighted by molar-refractivity contribution is 6.14. The molecular formula is C33H44O. The van der Waals surface area contributed by atoms with E-state index in [1.54, 1.807) is 0 Å². The summed E-state index contributed by atoms with van der Waals surface area (Å²) in [7, 11) is 0. The molecule has 0 spiro atoms. The summed E-state index contributed by atoms with van der Waals surface area (Å²) in [6, 6.07) is 12.7. The minimum absolute atomic E-state index is 0.195. The predicted octanol–water partition coefficient (Wildman–Crippen LogP) is 9.12. The minimum Gasteiger partial charge on any atom is -0.289 e. The highest BCUT2D eigenvalue weighted by Gasteiger charge is 2.28. The number of benzene rings is 2. The third kappa shape index (κ3) is 6.17. The van der Waals surface area contributed by atoms with Crippen molar-refractivity contribution >= 4 is 11.4 Å². The van der Waals surface area contributed by atoms with Crippen LogP contribution in [0.3, 0.4) is 0 Å². The third-order valence-corrected chi connectivity index (χ3v) is 7.61. The Bertz CT molecular complexity index is 1020. The molecule has 0 saturated carbocycles. The van der Waals surface area contributed by atoms with Gasteiger partial charge in [-0.3, -0.25) is 4.79 Å². The molecule has 2 aromatic carbocycles. The standard InChI is InChI=1S/C33H44O/c1-6-10-15-25(14-7-2)16-13-19-30-27(9-4)20-21-31-32(30)23-28(33(31)34)22-24(5)29-18-12-11-17-26(29)8-3/h11-12,17-18,20-22,25H,5-10,13-16,19,23H2,1-4H3/b28-22+. The molecule has 0 amide bonds. The van der Waals surface area contributed by atoms with Gasteiger partial charge in [-0.1, -0.05) is 109 Å². The van der Waals surface area contributed by atoms with Gasteiger partial charge in [-0.15, -0.1) is 0 Å². The van der Waals surface area contributed by atoms with Crippen LogP contribution < -0.4 is 0 Å². The van der Waals surface area contributed by atoms with Crippen LogP contribution in [0.15, 0.2) is 54.6 Å². The van der Waals surface area contributed by atoms with E-state index in [2.05, 4.69) is 70.7 Å². The van der Waals surface area contributed by atoms with Crippen molar-refractivity contribution < 1.29 is 4.79 Å². The van der Waals surface area contributed by atoms with Gasteiger partial charge in [-0.05, 0) is 71.1 Å². The Labute approximate surface area is 208 Å². The molecule has 0 aromatic heterocycles. The van der Waals surface area contributed by atoms with E-state index in [1.165, 1.54) is 67.2 Å². The van der Waals surface area contributed by atoms with Gasteiger partial charge in [-0.2, -0.15) is 0 Å². The Hall–Kier alpha value is -2.41. The van der Waals surface area contributed by atoms with Crippen LogP contribution in [0.2, 0.25) is 0 Å². The smallest absolute Gasteiger partial charge is 0.189 e. The van der Waals surface area contributed by atoms with Gasteiger partial charge in [0.15, 0.2) is 5.78 Å². The van der Waals surface area contributed by atoms with Crippen molar-refractivity contribution in [1.29, 1.82) is 0 Å². The first-order valence-electron chi connectivity index (χ1n) is 13.7. The number of fused-ring (bicyclic) bond motifs is 1. The molecule has 1 aliphatic carbocycles. The van der Waals surface area contributed by atoms with Crippen LogP contribution >= 0.6 is 0 Å². The van der Waals surface area contributed by atoms with Gasteiger partial charge >= 0.3 is 0 Å². The average molecular weight is 457 g/mol. The number of aryl methyl sites for hydroxylation is 2. The number of rotatable bonds is 13. The summed E-state index contributed by atoms with van der Waals surface area (Å²) < 4.78 is 0. The van der Waals surface area contributed by atoms with Crippen molar-refractivity contribution in [2.75, 3.05) is 0 Å². The summed E-state index contributed by atoms with van der Waals surface area (Å²) in [5, 5.41) is 0. The summed E-state index contributed by atoms with van der Waals surface area (Å²) in [4.78, 5) is 13.3. The lowest BCUT2D eigenvalue weighted by Crippen LogP contribution is -2.05. The van der Waals surface area contributed by atoms with Gasteiger partial charge < -0.3 is 0 Å². The maximum absolute atomic E-state index is 13.3. The molecule has 182 valence electrons. The fraction of sp³-hybridized carbons (Fsp3) is 0.485. The zero-order valence-electron chi connectivity index (χ0n) is 22.0. The molecule has 34 heavy (non-hydrogen) atoms. The third-order valence-electron chi connectivity index (χ3n) is 7.61. The van der Waals surface area contributed by atoms with Crippen molar-refractivity contribution in [3.63, 3.8) is 0 Å². The van der Waals surface area contributed by atoms with E-state index < -0.39 is 0 Å². The first-order valence-corrected chi connectivity index (χ1v) is 13.7. The van der Waals surface area contributed by atoms with Gasteiger partial charge in [-0.25, -0.2) is 0 Å². The molecule has 0 fully saturated rings. The number of carbonyl (C=O) groups excluding carboxylic acids is 1. The Balaban J connectivity index is 1.80. The fourth-order valence-electron chi connectivity index (χ4n) is 5.69. The summed E-state index contributed by atoms with van der Waals surface area (Å²) in [6.07, 6.45) is 15.1. The minimum atomic E-state index is 0.195. The normalized spacial score (nSPS) is 15.1. The zero-order valence-corrected chi connectivity index (χ0v) is 22.0. The van der Waals surface area contributed by atoms with Gasteiger partial charge in [0.2, 0.25) is 0 Å². The number of hydrogen-bond acceptors (Lipinski definition) is 1. The van der Waals surface area contributed by atoms with Gasteiger partial charge in [0.05, 0.1) is 0 Å². The van der Waals surface area contributed by atoms with E-state index in [0.29, 0.717) is 0 Å². The van der Waals surface area contributed by atoms with Gasteiger partial charge in [0.25, 0.3) is 0 Å². The molecule has 1 unspecified atom stereocenters. The van der Waals surface area contributed by atoms with Crippen molar-refractivity contribution in [3.8, 4) is 0 Å². The van der Waals surface area contributed by atoms with Crippen molar-refractivity contribution in [1.82, 2.24) is 0 Å². The number of Topliss-reactive ketones (excluding diaryl/α,β-unsaturated/α-hetero) is 1. The fourth-order valence-corrected chi connectivity index (χ4v) is 5.69. The summed E-state index contributed by atoms with van der Waals surface area (Å²) in [5.41, 5.74) is 9.36. The lowest BCUT2D eigenvalue weighted by molar-refractivity contribution is 0.103. The summed E-state index contributed by atoms with van der Waals surface area (Å²) in [6.45, 7) is 13.3. The molecular weight excluding hydrogens is 412 g/mol. The summed E-state index contributed by atoms with van der Waals surface area (Å²) >= 11 is 0. The van der Waals surface area contributed by atoms with Gasteiger partial charge in [0, 0.05) is 17.6 Å². The van der Waals surface area contributed by atoms with Crippen LogP contribution in [-0.2, 0) is 25.7 Å². The number of unbranched alkanes of at least 4 members (excludes halogenated alkanes) is 1. The lowest BCUT2D eigenvalue weighted by atomic mass is 9.88. The van der Waals surface area contributed by atoms with Crippen molar-refractivity contribution in [2.45, 2.75) is 98.3 Å². The molecule has 2 aromatic rings. The van der Waals surface area contributed by atoms with E-state index in [0.717, 1.165) is 53.9 Å². The molecule has 3 rings (SSSR count). The van der Waals surface area contributed by atoms with Crippen LogP contribution in [0.1, 0.15) is 111 Å². The maximum Gasteiger partial charge on any atom is 0.189 e. The SMILES string of the molecule is C=C(/C=C1\Cc2c(ccc(CC)c2CCCC(CCC)CCCC)C1=O)c1ccccc1CC. The molecule has 0 saturated heterocycles. The molecule has 0 bridgehead atoms. The van der Waals surface area contributed by atoms with E-state index in [1.807, 2.05) is 6.08 Å². The number of carbonyl (C=O) groups is 1. The number of allylic oxidation sites excluding steroid dienone is 3. The quantitative estimate of drug-likeness (QED) is 0.275. The van der Waals surface area contributed by atoms with E-state index in [4.69, 9.17) is 0 Å². The molecule has 1 aliphatic rings. The first-order chi connectivity index (χ1) is 16.5. The predicted molar refractivity (Wildman–Crippen MR) is 148 cm³/mol. The Morgan fingerprint density at radius 3 is 2.35 bits per heavy atom. The second-order valence-electron chi connectivity index (χ2n) is 9.98. The van der Waals surface area contributed by atoms with E-state index >= 15 is 0 Å². The number of hydrogen-bond donors (Lipinski definition) is 0. The topological polar surface area (TPSA) is 17.1 Å². The van der Waals surface area contributed by atoms with Crippen LogP contribution in [0.25, 0.3) is 5.57 Å². The zero-order chi connectivity index (χ0) is 24.5. The Kier molecular flexibility index (Phi) is 9.93. The molecule has 0 aliphatic heterocycles. The molecule has 1 atom stereocenters. The van der Waals surface area contributed by atoms with Crippen LogP contribution in [0, 0.1) is 5.92 Å². The molecule has 1 nitrogen and oxygen atoms in total. The summed E-state index contributed by atoms with van der Waals surface area (Å²) in [5.74, 6) is 1.05. The Morgan fingerprint density at radius 2 is 1.65 bits per heavy atom. The highest BCUT2D eigenvalue weighted by Crippen LogP contribution is 2.34. The molecule has 0 radical (unpaired) electrons. The largest absolute Gasteiger partial charge is 0.289 e. The molecule has 0 N–H and O–H groups in total. The average Bonchev–Trinajstić information content (AvgIpc) is 3.17. The van der Waals surface area contributed by atoms with Crippen LogP contribution in [0.5, 0.6) is 0 Å². The molecule has 1 heteroatoms. The van der Waals surface area contributed by atoms with E-state index in [9.17, 15) is 4.79 Å². The second kappa shape index (κ2) is 12.9. The van der Waals surface area contributed by atoms with Crippen LogP contribution in [-0.4, -0.2) is 5.78 Å². The van der Waals surface area contributed by atoms with E-state index in [-0.39, 0.29) is 5.78 Å². The first kappa shape index (κ1) is 26.2.